The molecule has 0 atom stereocenters. The molecule has 1 aromatic carbocycles. The van der Waals surface area contributed by atoms with Crippen molar-refractivity contribution in [3.63, 3.8) is 0 Å². The maximum absolute atomic E-state index is 5.36. The van der Waals surface area contributed by atoms with Gasteiger partial charge in [-0.25, -0.2) is 9.97 Å². The van der Waals surface area contributed by atoms with Crippen LogP contribution in [0, 0.1) is 20.8 Å². The Morgan fingerprint density at radius 2 is 1.64 bits per heavy atom. The summed E-state index contributed by atoms with van der Waals surface area (Å²) in [4.78, 5) is 11.7. The van der Waals surface area contributed by atoms with Gasteiger partial charge in [-0.1, -0.05) is 0 Å². The predicted octanol–water partition coefficient (Wildman–Crippen LogP) is 3.95. The van der Waals surface area contributed by atoms with E-state index in [1.807, 2.05) is 29.6 Å². The van der Waals surface area contributed by atoms with E-state index in [2.05, 4.69) is 23.9 Å². The lowest BCUT2D eigenvalue weighted by Gasteiger charge is -2.05. The zero-order chi connectivity index (χ0) is 17.7. The van der Waals surface area contributed by atoms with Gasteiger partial charge in [0.25, 0.3) is 0 Å². The Morgan fingerprint density at radius 1 is 0.960 bits per heavy atom. The minimum atomic E-state index is 0.623. The Bertz CT molecular complexity index is 1090. The van der Waals surface area contributed by atoms with Crippen molar-refractivity contribution in [1.82, 2.24) is 19.6 Å². The zero-order valence-electron chi connectivity index (χ0n) is 14.7. The number of aryl methyl sites for hydroxylation is 3. The summed E-state index contributed by atoms with van der Waals surface area (Å²) in [6, 6.07) is 5.64. The molecular formula is C18H18N4O2S. The van der Waals surface area contributed by atoms with E-state index in [1.165, 1.54) is 10.4 Å². The summed E-state index contributed by atoms with van der Waals surface area (Å²) >= 11 is 1.69. The lowest BCUT2D eigenvalue weighted by molar-refractivity contribution is 0.394. The second-order valence-electron chi connectivity index (χ2n) is 5.89. The van der Waals surface area contributed by atoms with Crippen molar-refractivity contribution < 1.29 is 9.47 Å². The number of hydrogen-bond donors (Lipinski definition) is 0. The summed E-state index contributed by atoms with van der Waals surface area (Å²) < 4.78 is 12.5. The van der Waals surface area contributed by atoms with E-state index in [0.717, 1.165) is 27.3 Å². The lowest BCUT2D eigenvalue weighted by atomic mass is 10.2. The molecule has 7 heteroatoms. The van der Waals surface area contributed by atoms with Gasteiger partial charge in [-0.3, -0.25) is 0 Å². The molecule has 0 radical (unpaired) electrons. The van der Waals surface area contributed by atoms with Crippen molar-refractivity contribution in [3.8, 4) is 22.9 Å². The van der Waals surface area contributed by atoms with Crippen LogP contribution in [0.2, 0.25) is 0 Å². The number of fused-ring (bicyclic) bond motifs is 3. The van der Waals surface area contributed by atoms with Crippen molar-refractivity contribution in [1.29, 1.82) is 0 Å². The number of thiophene rings is 1. The largest absolute Gasteiger partial charge is 0.497 e. The van der Waals surface area contributed by atoms with Crippen molar-refractivity contribution in [3.05, 3.63) is 34.5 Å². The van der Waals surface area contributed by atoms with Crippen LogP contribution < -0.4 is 9.47 Å². The molecule has 4 aromatic rings. The first kappa shape index (κ1) is 15.8. The quantitative estimate of drug-likeness (QED) is 0.557. The number of ether oxygens (including phenoxy) is 2. The summed E-state index contributed by atoms with van der Waals surface area (Å²) in [7, 11) is 3.26. The van der Waals surface area contributed by atoms with Crippen LogP contribution in [-0.2, 0) is 0 Å². The molecule has 6 nitrogen and oxygen atoms in total. The Morgan fingerprint density at radius 3 is 2.28 bits per heavy atom. The first-order chi connectivity index (χ1) is 12.0. The maximum Gasteiger partial charge on any atom is 0.182 e. The average Bonchev–Trinajstić information content (AvgIpc) is 3.17. The molecule has 3 heterocycles. The lowest BCUT2D eigenvalue weighted by Crippen LogP contribution is -1.97. The second-order valence-corrected chi connectivity index (χ2v) is 7.10. The molecule has 3 aromatic heterocycles. The monoisotopic (exact) mass is 354 g/mol. The fourth-order valence-corrected chi connectivity index (χ4v) is 3.97. The van der Waals surface area contributed by atoms with Gasteiger partial charge in [0.05, 0.1) is 19.6 Å². The number of benzene rings is 1. The number of rotatable bonds is 3. The SMILES string of the molecule is COc1cc(OC)cc(-c2nc3c4c(C)c(C)sc4nc(C)n3n2)c1. The van der Waals surface area contributed by atoms with Gasteiger partial charge in [-0.05, 0) is 38.5 Å². The fourth-order valence-electron chi connectivity index (χ4n) is 2.90. The minimum absolute atomic E-state index is 0.623. The van der Waals surface area contributed by atoms with E-state index in [4.69, 9.17) is 14.5 Å². The van der Waals surface area contributed by atoms with Gasteiger partial charge in [-0.15, -0.1) is 16.4 Å². The molecule has 0 saturated carbocycles. The van der Waals surface area contributed by atoms with Crippen LogP contribution >= 0.6 is 11.3 Å². The van der Waals surface area contributed by atoms with Gasteiger partial charge in [0, 0.05) is 16.5 Å². The van der Waals surface area contributed by atoms with E-state index in [-0.39, 0.29) is 0 Å². The highest BCUT2D eigenvalue weighted by atomic mass is 32.1. The van der Waals surface area contributed by atoms with Crippen LogP contribution in [0.15, 0.2) is 18.2 Å². The Hall–Kier alpha value is -2.67. The standard InChI is InChI=1S/C18H18N4O2S/c1-9-10(2)25-18-15(9)17-20-16(21-22(17)11(3)19-18)12-6-13(23-4)8-14(7-12)24-5/h6-8H,1-5H3. The average molecular weight is 354 g/mol. The highest BCUT2D eigenvalue weighted by Crippen LogP contribution is 2.33. The summed E-state index contributed by atoms with van der Waals surface area (Å²) in [5, 5.41) is 5.74. The second kappa shape index (κ2) is 5.70. The van der Waals surface area contributed by atoms with Gasteiger partial charge in [0.1, 0.15) is 22.2 Å². The Kier molecular flexibility index (Phi) is 3.61. The summed E-state index contributed by atoms with van der Waals surface area (Å²) in [5.74, 6) is 2.85. The van der Waals surface area contributed by atoms with Gasteiger partial charge in [-0.2, -0.15) is 4.52 Å². The normalized spacial score (nSPS) is 11.4. The molecule has 0 unspecified atom stereocenters. The van der Waals surface area contributed by atoms with Crippen LogP contribution in [0.3, 0.4) is 0 Å². The molecule has 0 fully saturated rings. The predicted molar refractivity (Wildman–Crippen MR) is 98.9 cm³/mol. The molecule has 128 valence electrons. The van der Waals surface area contributed by atoms with Crippen molar-refractivity contribution in [2.24, 2.45) is 0 Å². The molecule has 4 rings (SSSR count). The first-order valence-electron chi connectivity index (χ1n) is 7.88. The van der Waals surface area contributed by atoms with Crippen LogP contribution in [0.25, 0.3) is 27.3 Å². The highest BCUT2D eigenvalue weighted by Gasteiger charge is 2.17. The van der Waals surface area contributed by atoms with Crippen molar-refractivity contribution in [2.45, 2.75) is 20.8 Å². The Labute approximate surface area is 149 Å². The molecule has 0 bridgehead atoms. The third kappa shape index (κ3) is 2.42. The first-order valence-corrected chi connectivity index (χ1v) is 8.70. The molecule has 0 N–H and O–H groups in total. The van der Waals surface area contributed by atoms with Gasteiger partial charge < -0.3 is 9.47 Å². The van der Waals surface area contributed by atoms with E-state index < -0.39 is 0 Å². The molecule has 0 aliphatic carbocycles. The van der Waals surface area contributed by atoms with Gasteiger partial charge >= 0.3 is 0 Å². The molecule has 0 aliphatic rings. The molecule has 0 spiro atoms. The minimum Gasteiger partial charge on any atom is -0.497 e. The number of nitrogens with zero attached hydrogens (tertiary/aromatic N) is 4. The van der Waals surface area contributed by atoms with Gasteiger partial charge in [0.15, 0.2) is 11.5 Å². The molecule has 0 aliphatic heterocycles. The number of aromatic nitrogens is 4. The molecule has 0 amide bonds. The smallest absolute Gasteiger partial charge is 0.182 e. The van der Waals surface area contributed by atoms with E-state index in [9.17, 15) is 0 Å². The van der Waals surface area contributed by atoms with Crippen LogP contribution in [0.4, 0.5) is 0 Å². The van der Waals surface area contributed by atoms with Crippen LogP contribution in [0.1, 0.15) is 16.3 Å². The summed E-state index contributed by atoms with van der Waals surface area (Å²) in [5.41, 5.74) is 2.89. The highest BCUT2D eigenvalue weighted by molar-refractivity contribution is 7.18. The summed E-state index contributed by atoms with van der Waals surface area (Å²) in [6.07, 6.45) is 0. The Balaban J connectivity index is 2.01. The van der Waals surface area contributed by atoms with Crippen LogP contribution in [-0.4, -0.2) is 33.8 Å². The van der Waals surface area contributed by atoms with E-state index in [0.29, 0.717) is 17.3 Å². The topological polar surface area (TPSA) is 61.5 Å². The van der Waals surface area contributed by atoms with Crippen LogP contribution in [0.5, 0.6) is 11.5 Å². The van der Waals surface area contributed by atoms with Crippen molar-refractivity contribution in [2.75, 3.05) is 14.2 Å². The van der Waals surface area contributed by atoms with E-state index >= 15 is 0 Å². The molecule has 25 heavy (non-hydrogen) atoms. The number of hydrogen-bond acceptors (Lipinski definition) is 6. The molecular weight excluding hydrogens is 336 g/mol. The van der Waals surface area contributed by atoms with Gasteiger partial charge in [0.2, 0.25) is 0 Å². The number of methoxy groups -OCH3 is 2. The fraction of sp³-hybridized carbons (Fsp3) is 0.278. The summed E-state index contributed by atoms with van der Waals surface area (Å²) in [6.45, 7) is 6.16. The third-order valence-corrected chi connectivity index (χ3v) is 5.48. The zero-order valence-corrected chi connectivity index (χ0v) is 15.6. The molecule has 0 saturated heterocycles. The van der Waals surface area contributed by atoms with Crippen molar-refractivity contribution >= 4 is 27.2 Å². The third-order valence-electron chi connectivity index (χ3n) is 4.38. The maximum atomic E-state index is 5.36. The van der Waals surface area contributed by atoms with E-state index in [1.54, 1.807) is 25.6 Å².